The highest BCUT2D eigenvalue weighted by atomic mass is 35.5. The van der Waals surface area contributed by atoms with Crippen molar-refractivity contribution < 1.29 is 51.9 Å². The normalized spacial score (nSPS) is 15.3. The summed E-state index contributed by atoms with van der Waals surface area (Å²) in [6, 6.07) is 2.75. The molecule has 0 aromatic heterocycles. The number of esters is 1. The van der Waals surface area contributed by atoms with Crippen LogP contribution in [-0.2, 0) is 23.8 Å². The van der Waals surface area contributed by atoms with Gasteiger partial charge < -0.3 is 18.9 Å². The number of hydrogen-bond donors (Lipinski definition) is 1. The maximum Gasteiger partial charge on any atom is 0.511 e. The summed E-state index contributed by atoms with van der Waals surface area (Å²) in [5.41, 5.74) is -0.332. The first-order valence-corrected chi connectivity index (χ1v) is 8.22. The van der Waals surface area contributed by atoms with E-state index in [1.54, 1.807) is 0 Å². The van der Waals surface area contributed by atoms with Crippen LogP contribution in [0.25, 0.3) is 6.08 Å². The maximum atomic E-state index is 13.4. The molecule has 0 spiro atoms. The second-order valence-electron chi connectivity index (χ2n) is 5.50. The van der Waals surface area contributed by atoms with Gasteiger partial charge in [0.05, 0.1) is 10.5 Å². The molecule has 1 atom stereocenters. The number of aryl methyl sites for hydroxylation is 1. The number of fused-ring (bicyclic) bond motifs is 1. The predicted octanol–water partition coefficient (Wildman–Crippen LogP) is 1.79. The minimum atomic E-state index is -4.91. The molecule has 0 saturated carbocycles. The number of benzene rings is 1. The van der Waals surface area contributed by atoms with E-state index >= 15 is 0 Å². The van der Waals surface area contributed by atoms with Crippen LogP contribution in [0.2, 0.25) is 5.02 Å². The van der Waals surface area contributed by atoms with Gasteiger partial charge in [-0.15, -0.1) is 0 Å². The smallest absolute Gasteiger partial charge is 0.475 e. The molecule has 13 heteroatoms. The molecule has 1 N–H and O–H groups in total. The third kappa shape index (κ3) is 5.98. The van der Waals surface area contributed by atoms with Crippen molar-refractivity contribution in [3.63, 3.8) is 0 Å². The molecule has 1 aliphatic heterocycles. The van der Waals surface area contributed by atoms with Gasteiger partial charge in [-0.25, -0.2) is 14.4 Å². The van der Waals surface area contributed by atoms with Crippen LogP contribution in [0.5, 0.6) is 5.75 Å². The molecule has 1 aromatic carbocycles. The summed E-state index contributed by atoms with van der Waals surface area (Å²) in [5, 5.41) is 1.33. The lowest BCUT2D eigenvalue weighted by Gasteiger charge is -2.28. The van der Waals surface area contributed by atoms with Crippen LogP contribution in [0.3, 0.4) is 0 Å². The van der Waals surface area contributed by atoms with Crippen LogP contribution in [0, 0.1) is 11.8 Å². The van der Waals surface area contributed by atoms with E-state index in [0.717, 1.165) is 11.4 Å². The van der Waals surface area contributed by atoms with Crippen molar-refractivity contribution >= 4 is 29.8 Å². The molecule has 0 fully saturated rings. The van der Waals surface area contributed by atoms with Crippen molar-refractivity contribution in [3.05, 3.63) is 38.8 Å². The molecule has 0 radical (unpaired) electrons. The van der Waals surface area contributed by atoms with Crippen LogP contribution in [0.4, 0.5) is 18.0 Å². The second kappa shape index (κ2) is 9.45. The third-order valence-corrected chi connectivity index (χ3v) is 3.68. The Morgan fingerprint density at radius 2 is 1.93 bits per heavy atom. The number of nitrogens with one attached hydrogen (secondary N) is 1. The summed E-state index contributed by atoms with van der Waals surface area (Å²) in [4.78, 5) is 37.2. The van der Waals surface area contributed by atoms with Crippen molar-refractivity contribution in [3.8, 4) is 5.75 Å². The Kier molecular flexibility index (Phi) is 7.26. The molecule has 1 aliphatic rings. The van der Waals surface area contributed by atoms with Crippen molar-refractivity contribution in [1.29, 1.82) is 0 Å². The lowest BCUT2D eigenvalue weighted by atomic mass is 9.99. The zero-order chi connectivity index (χ0) is 21.6. The van der Waals surface area contributed by atoms with E-state index in [0.29, 0.717) is 5.56 Å². The standard InChI is InChI=1S/C16H14ClF3NO8/c1-8-4-10(17)5-9-6-11(13(16(18,19)20)29-12(8)9)14(22)26-7-27-15(23)25-2-3-28-21-24/h4-6,13,21H,2-3,7H2,1H3/q+1/t13-/m0/s1. The van der Waals surface area contributed by atoms with E-state index in [9.17, 15) is 27.7 Å². The molecule has 1 aromatic rings. The van der Waals surface area contributed by atoms with E-state index in [2.05, 4.69) is 19.0 Å². The largest absolute Gasteiger partial charge is 0.511 e. The molecule has 158 valence electrons. The third-order valence-electron chi connectivity index (χ3n) is 3.46. The fourth-order valence-electron chi connectivity index (χ4n) is 2.32. The number of carbonyl (C=O) groups excluding carboxylic acids is 2. The van der Waals surface area contributed by atoms with E-state index in [1.165, 1.54) is 19.1 Å². The Balaban J connectivity index is 2.06. The molecule has 0 amide bonds. The van der Waals surface area contributed by atoms with Crippen LogP contribution in [0.15, 0.2) is 17.7 Å². The highest BCUT2D eigenvalue weighted by Crippen LogP contribution is 2.40. The van der Waals surface area contributed by atoms with E-state index in [-0.39, 0.29) is 29.5 Å². The second-order valence-corrected chi connectivity index (χ2v) is 5.94. The van der Waals surface area contributed by atoms with E-state index < -0.39 is 36.8 Å². The van der Waals surface area contributed by atoms with Gasteiger partial charge in [0.2, 0.25) is 18.2 Å². The van der Waals surface area contributed by atoms with Gasteiger partial charge in [-0.1, -0.05) is 11.6 Å². The Hall–Kier alpha value is -3.02. The minimum Gasteiger partial charge on any atom is -0.475 e. The summed E-state index contributed by atoms with van der Waals surface area (Å²) in [7, 11) is 0. The predicted molar refractivity (Wildman–Crippen MR) is 88.3 cm³/mol. The molecule has 2 rings (SSSR count). The molecule has 0 bridgehead atoms. The van der Waals surface area contributed by atoms with Crippen LogP contribution < -0.4 is 10.1 Å². The lowest BCUT2D eigenvalue weighted by molar-refractivity contribution is -0.770. The van der Waals surface area contributed by atoms with Crippen molar-refractivity contribution in [2.45, 2.75) is 19.2 Å². The lowest BCUT2D eigenvalue weighted by Crippen LogP contribution is -2.63. The number of ether oxygens (including phenoxy) is 4. The molecular weight excluding hydrogens is 427 g/mol. The highest BCUT2D eigenvalue weighted by Gasteiger charge is 2.49. The van der Waals surface area contributed by atoms with Gasteiger partial charge in [-0.3, -0.25) is 0 Å². The first-order chi connectivity index (χ1) is 13.6. The fraction of sp³-hybridized carbons (Fsp3) is 0.375. The van der Waals surface area contributed by atoms with E-state index in [1.807, 2.05) is 0 Å². The molecule has 1 heterocycles. The number of halogens is 4. The van der Waals surface area contributed by atoms with Crippen molar-refractivity contribution in [2.75, 3.05) is 20.0 Å². The summed E-state index contributed by atoms with van der Waals surface area (Å²) in [6.07, 6.45) is -7.83. The maximum absolute atomic E-state index is 13.4. The van der Waals surface area contributed by atoms with Gasteiger partial charge in [0.15, 0.2) is 6.61 Å². The number of alkyl halides is 3. The minimum absolute atomic E-state index is 0.0668. The van der Waals surface area contributed by atoms with E-state index in [4.69, 9.17) is 16.3 Å². The highest BCUT2D eigenvalue weighted by molar-refractivity contribution is 6.30. The van der Waals surface area contributed by atoms with Crippen LogP contribution in [-0.4, -0.2) is 44.4 Å². The molecule has 9 nitrogen and oxygen atoms in total. The first-order valence-electron chi connectivity index (χ1n) is 7.84. The molecule has 0 saturated heterocycles. The van der Waals surface area contributed by atoms with Crippen molar-refractivity contribution in [2.24, 2.45) is 0 Å². The quantitative estimate of drug-likeness (QED) is 0.296. The fourth-order valence-corrected chi connectivity index (χ4v) is 2.60. The van der Waals surface area contributed by atoms with Gasteiger partial charge in [0.25, 0.3) is 0 Å². The summed E-state index contributed by atoms with van der Waals surface area (Å²) < 4.78 is 58.4. The summed E-state index contributed by atoms with van der Waals surface area (Å²) >= 11 is 5.89. The molecule has 29 heavy (non-hydrogen) atoms. The van der Waals surface area contributed by atoms with Gasteiger partial charge in [0.1, 0.15) is 12.4 Å². The van der Waals surface area contributed by atoms with Crippen LogP contribution >= 0.6 is 11.6 Å². The van der Waals surface area contributed by atoms with Gasteiger partial charge >= 0.3 is 18.3 Å². The monoisotopic (exact) mass is 440 g/mol. The average Bonchev–Trinajstić information content (AvgIpc) is 2.63. The van der Waals surface area contributed by atoms with Gasteiger partial charge in [0, 0.05) is 10.6 Å². The zero-order valence-corrected chi connectivity index (χ0v) is 15.5. The Labute approximate surface area is 166 Å². The van der Waals surface area contributed by atoms with Crippen LogP contribution in [0.1, 0.15) is 11.1 Å². The van der Waals surface area contributed by atoms with Gasteiger partial charge in [-0.2, -0.15) is 13.2 Å². The topological polar surface area (TPSA) is 111 Å². The first kappa shape index (κ1) is 22.3. The molecule has 0 unspecified atom stereocenters. The van der Waals surface area contributed by atoms with Crippen molar-refractivity contribution in [1.82, 2.24) is 0 Å². The zero-order valence-electron chi connectivity index (χ0n) is 14.7. The number of rotatable bonds is 7. The number of hydrogen-bond acceptors (Lipinski definition) is 8. The summed E-state index contributed by atoms with van der Waals surface area (Å²) in [5.74, 6) is -1.48. The number of carbonyl (C=O) groups is 2. The average molecular weight is 441 g/mol. The Bertz CT molecular complexity index is 827. The molecular formula is C16H14ClF3NO8+. The van der Waals surface area contributed by atoms with Gasteiger partial charge in [-0.05, 0) is 30.7 Å². The Morgan fingerprint density at radius 3 is 2.59 bits per heavy atom. The summed E-state index contributed by atoms with van der Waals surface area (Å²) in [6.45, 7) is -0.139. The Morgan fingerprint density at radius 1 is 1.21 bits per heavy atom. The SMILES string of the molecule is Cc1cc(Cl)cc2c1O[C@H](C(F)(F)F)C(C(=O)OCOC(=O)OCCO[NH+]=O)=C2. The molecule has 0 aliphatic carbocycles.